The van der Waals surface area contributed by atoms with Crippen molar-refractivity contribution in [2.45, 2.75) is 116 Å². The van der Waals surface area contributed by atoms with E-state index in [0.29, 0.717) is 11.4 Å². The molecule has 1 aromatic rings. The van der Waals surface area contributed by atoms with Gasteiger partial charge in [-0.3, -0.25) is 19.4 Å². The van der Waals surface area contributed by atoms with E-state index in [4.69, 9.17) is 8.85 Å². The summed E-state index contributed by atoms with van der Waals surface area (Å²) in [7, 11) is -4.48. The number of aliphatic carboxylic acids is 2. The molecule has 0 aliphatic carbocycles. The maximum absolute atomic E-state index is 13.3. The highest BCUT2D eigenvalue weighted by Gasteiger charge is 2.58. The van der Waals surface area contributed by atoms with E-state index in [2.05, 4.69) is 67.7 Å². The lowest BCUT2D eigenvalue weighted by Gasteiger charge is -2.50. The first-order valence-electron chi connectivity index (χ1n) is 14.5. The highest BCUT2D eigenvalue weighted by molar-refractivity contribution is 6.74. The van der Waals surface area contributed by atoms with Crippen LogP contribution < -0.4 is 9.80 Å². The molecule has 2 fully saturated rings. The molecule has 0 aromatic heterocycles. The lowest BCUT2D eigenvalue weighted by Crippen LogP contribution is -2.69. The quantitative estimate of drug-likeness (QED) is 0.265. The normalized spacial score (nSPS) is 25.0. The minimum absolute atomic E-state index is 0.0992. The van der Waals surface area contributed by atoms with Gasteiger partial charge in [0.15, 0.2) is 16.6 Å². The van der Waals surface area contributed by atoms with Crippen molar-refractivity contribution in [3.8, 4) is 0 Å². The van der Waals surface area contributed by atoms with E-state index in [0.717, 1.165) is 0 Å². The van der Waals surface area contributed by atoms with Gasteiger partial charge >= 0.3 is 11.9 Å². The predicted molar refractivity (Wildman–Crippen MR) is 167 cm³/mol. The fourth-order valence-corrected chi connectivity index (χ4v) is 8.10. The first-order valence-corrected chi connectivity index (χ1v) is 20.3. The molecule has 0 spiro atoms. The minimum Gasteiger partial charge on any atom is -0.480 e. The van der Waals surface area contributed by atoms with Gasteiger partial charge in [-0.2, -0.15) is 0 Å². The Kier molecular flexibility index (Phi) is 9.04. The molecule has 3 rings (SSSR count). The third-order valence-corrected chi connectivity index (χ3v) is 18.9. The van der Waals surface area contributed by atoms with Gasteiger partial charge < -0.3 is 19.1 Å². The number of benzene rings is 1. The number of nitrogens with zero attached hydrogens (tertiary/aromatic N) is 2. The zero-order chi connectivity index (χ0) is 32.3. The Morgan fingerprint density at radius 1 is 0.690 bits per heavy atom. The Morgan fingerprint density at radius 3 is 1.17 bits per heavy atom. The van der Waals surface area contributed by atoms with Crippen molar-refractivity contribution in [2.75, 3.05) is 9.80 Å². The van der Waals surface area contributed by atoms with Crippen molar-refractivity contribution in [2.24, 2.45) is 11.8 Å². The Bertz CT molecular complexity index is 1140. The van der Waals surface area contributed by atoms with Crippen molar-refractivity contribution in [3.63, 3.8) is 0 Å². The second-order valence-electron chi connectivity index (χ2n) is 14.7. The van der Waals surface area contributed by atoms with Crippen LogP contribution in [0, 0.1) is 11.8 Å². The molecular formula is C30H48N2O8Si2. The SMILES string of the molecule is C[C@@H](O[Si](C)(C)C(C)(C)C)[C@H]1C(=O)N(c2ccc(N3C(=O)[C@H]([C@@H](C)O[Si](C)(C)C(C)(C)C)[C@H]3C(=O)O)cc2)[C@@H]1C(=O)O. The van der Waals surface area contributed by atoms with Crippen LogP contribution in [0.1, 0.15) is 55.4 Å². The molecule has 2 aliphatic rings. The van der Waals surface area contributed by atoms with Gasteiger partial charge in [0.05, 0.1) is 24.0 Å². The molecule has 2 N–H and O–H groups in total. The van der Waals surface area contributed by atoms with E-state index in [-0.39, 0.29) is 21.9 Å². The molecule has 1 aromatic carbocycles. The largest absolute Gasteiger partial charge is 0.480 e. The number of carbonyl (C=O) groups is 4. The Balaban J connectivity index is 1.80. The van der Waals surface area contributed by atoms with Crippen molar-refractivity contribution in [1.29, 1.82) is 0 Å². The maximum atomic E-state index is 13.3. The van der Waals surface area contributed by atoms with Crippen LogP contribution in [0.4, 0.5) is 11.4 Å². The second kappa shape index (κ2) is 11.2. The number of amides is 2. The highest BCUT2D eigenvalue weighted by Crippen LogP contribution is 2.44. The summed E-state index contributed by atoms with van der Waals surface area (Å²) in [5.41, 5.74) is 0.718. The zero-order valence-electron chi connectivity index (χ0n) is 27.0. The van der Waals surface area contributed by atoms with Crippen LogP contribution in [0.2, 0.25) is 36.3 Å². The average Bonchev–Trinajstić information content (AvgIpc) is 2.79. The number of rotatable bonds is 10. The number of anilines is 2. The smallest absolute Gasteiger partial charge is 0.327 e. The monoisotopic (exact) mass is 620 g/mol. The molecule has 2 saturated heterocycles. The van der Waals surface area contributed by atoms with Crippen molar-refractivity contribution < 1.29 is 38.2 Å². The lowest BCUT2D eigenvalue weighted by molar-refractivity contribution is -0.152. The Labute approximate surface area is 251 Å². The van der Waals surface area contributed by atoms with Gasteiger partial charge in [-0.1, -0.05) is 41.5 Å². The number of hydrogen-bond donors (Lipinski definition) is 2. The standard InChI is InChI=1S/C30H48N2O8Si2/c1-17(39-41(9,10)29(3,4)5)21-23(27(35)36)31(25(21)33)19-13-15-20(16-14-19)32-24(28(37)38)22(26(32)34)18(2)40-42(11,12)30(6,7)8/h13-18,21-24H,1-12H3,(H,35,36)(H,37,38)/t17-,18-,21-,22-,23+,24+/m1/s1. The lowest BCUT2D eigenvalue weighted by atomic mass is 9.82. The zero-order valence-corrected chi connectivity index (χ0v) is 29.0. The highest BCUT2D eigenvalue weighted by atomic mass is 28.4. The van der Waals surface area contributed by atoms with Crippen molar-refractivity contribution in [1.82, 2.24) is 0 Å². The molecule has 0 bridgehead atoms. The molecule has 0 saturated carbocycles. The Morgan fingerprint density at radius 2 is 0.952 bits per heavy atom. The van der Waals surface area contributed by atoms with Crippen LogP contribution in [0.5, 0.6) is 0 Å². The molecule has 0 radical (unpaired) electrons. The van der Waals surface area contributed by atoms with Crippen LogP contribution in [0.25, 0.3) is 0 Å². The first-order chi connectivity index (χ1) is 18.9. The fraction of sp³-hybridized carbons (Fsp3) is 0.667. The molecule has 2 amide bonds. The van der Waals surface area contributed by atoms with E-state index in [1.165, 1.54) is 9.80 Å². The summed E-state index contributed by atoms with van der Waals surface area (Å²) >= 11 is 0. The molecule has 12 heteroatoms. The van der Waals surface area contributed by atoms with Gasteiger partial charge in [0.2, 0.25) is 11.8 Å². The molecule has 2 aliphatic heterocycles. The van der Waals surface area contributed by atoms with Crippen LogP contribution in [0.3, 0.4) is 0 Å². The molecular weight excluding hydrogens is 573 g/mol. The van der Waals surface area contributed by atoms with Gasteiger partial charge in [-0.25, -0.2) is 9.59 Å². The third-order valence-electron chi connectivity index (χ3n) is 9.78. The van der Waals surface area contributed by atoms with Crippen LogP contribution >= 0.6 is 0 Å². The Hall–Kier alpha value is -2.55. The van der Waals surface area contributed by atoms with E-state index >= 15 is 0 Å². The van der Waals surface area contributed by atoms with Gasteiger partial charge in [0, 0.05) is 11.4 Å². The summed E-state index contributed by atoms with van der Waals surface area (Å²) in [5.74, 6) is -4.60. The van der Waals surface area contributed by atoms with E-state index in [1.54, 1.807) is 38.1 Å². The number of carboxylic acids is 2. The van der Waals surface area contributed by atoms with Crippen LogP contribution in [0.15, 0.2) is 24.3 Å². The maximum Gasteiger partial charge on any atom is 0.327 e. The van der Waals surface area contributed by atoms with Gasteiger partial charge in [0.1, 0.15) is 12.1 Å². The summed E-state index contributed by atoms with van der Waals surface area (Å²) in [6.07, 6.45) is -1.14. The van der Waals surface area contributed by atoms with Crippen molar-refractivity contribution >= 4 is 51.8 Å². The summed E-state index contributed by atoms with van der Waals surface area (Å²) in [6.45, 7) is 24.3. The molecule has 2 heterocycles. The number of carboxylic acid groups (broad SMARTS) is 2. The minimum atomic E-state index is -2.24. The molecule has 42 heavy (non-hydrogen) atoms. The summed E-state index contributed by atoms with van der Waals surface area (Å²) in [5, 5.41) is 19.9. The number of carbonyl (C=O) groups excluding carboxylic acids is 2. The summed E-state index contributed by atoms with van der Waals surface area (Å²) in [4.78, 5) is 53.6. The van der Waals surface area contributed by atoms with Crippen LogP contribution in [-0.4, -0.2) is 74.9 Å². The summed E-state index contributed by atoms with van der Waals surface area (Å²) < 4.78 is 12.7. The molecule has 0 unspecified atom stereocenters. The second-order valence-corrected chi connectivity index (χ2v) is 24.2. The predicted octanol–water partition coefficient (Wildman–Crippen LogP) is 5.34. The van der Waals surface area contributed by atoms with Crippen LogP contribution in [-0.2, 0) is 28.0 Å². The third kappa shape index (κ3) is 5.95. The average molecular weight is 621 g/mol. The molecule has 10 nitrogen and oxygen atoms in total. The number of β-lactam (4-membered cyclic amide) rings is 2. The first kappa shape index (κ1) is 33.9. The molecule has 234 valence electrons. The van der Waals surface area contributed by atoms with Gasteiger partial charge in [-0.15, -0.1) is 0 Å². The number of hydrogen-bond acceptors (Lipinski definition) is 6. The van der Waals surface area contributed by atoms with E-state index in [9.17, 15) is 29.4 Å². The van der Waals surface area contributed by atoms with Gasteiger partial charge in [-0.05, 0) is 74.4 Å². The fourth-order valence-electron chi connectivity index (χ4n) is 5.24. The van der Waals surface area contributed by atoms with E-state index in [1.807, 2.05) is 0 Å². The topological polar surface area (TPSA) is 134 Å². The summed E-state index contributed by atoms with van der Waals surface area (Å²) in [6, 6.07) is 4.00. The van der Waals surface area contributed by atoms with Crippen molar-refractivity contribution in [3.05, 3.63) is 24.3 Å². The molecule has 6 atom stereocenters. The van der Waals surface area contributed by atoms with Gasteiger partial charge in [0.25, 0.3) is 0 Å². The van der Waals surface area contributed by atoms with E-state index < -0.39 is 64.7 Å².